The molecular weight excluding hydrogens is 406 g/mol. The Morgan fingerprint density at radius 1 is 1.16 bits per heavy atom. The van der Waals surface area contributed by atoms with Crippen LogP contribution in [0.5, 0.6) is 5.75 Å². The predicted molar refractivity (Wildman–Crippen MR) is 125 cm³/mol. The monoisotopic (exact) mass is 435 g/mol. The molecule has 0 atom stereocenters. The van der Waals surface area contributed by atoms with Gasteiger partial charge in [-0.3, -0.25) is 9.69 Å². The average Bonchev–Trinajstić information content (AvgIpc) is 3.28. The van der Waals surface area contributed by atoms with Crippen LogP contribution in [-0.2, 0) is 19.5 Å². The average molecular weight is 436 g/mol. The summed E-state index contributed by atoms with van der Waals surface area (Å²) in [6.45, 7) is 2.46. The summed E-state index contributed by atoms with van der Waals surface area (Å²) in [5.74, 6) is 2.26. The number of nitrogens with one attached hydrogen (secondary N) is 1. The van der Waals surface area contributed by atoms with E-state index in [0.29, 0.717) is 12.5 Å². The number of ether oxygens (including phenoxy) is 1. The van der Waals surface area contributed by atoms with Crippen LogP contribution in [0.25, 0.3) is 10.4 Å². The van der Waals surface area contributed by atoms with Gasteiger partial charge >= 0.3 is 0 Å². The predicted octanol–water partition coefficient (Wildman–Crippen LogP) is 5.11. The molecule has 0 radical (unpaired) electrons. The molecule has 0 bridgehead atoms. The number of H-pyrrole nitrogens is 1. The number of aromatic nitrogens is 2. The molecule has 31 heavy (non-hydrogen) atoms. The van der Waals surface area contributed by atoms with Crippen molar-refractivity contribution in [1.29, 1.82) is 0 Å². The van der Waals surface area contributed by atoms with Gasteiger partial charge in [0.2, 0.25) is 0 Å². The van der Waals surface area contributed by atoms with E-state index in [0.717, 1.165) is 60.7 Å². The van der Waals surface area contributed by atoms with E-state index in [1.807, 2.05) is 18.2 Å². The molecule has 0 amide bonds. The third-order valence-corrected chi connectivity index (χ3v) is 7.67. The number of hydrogen-bond donors (Lipinski definition) is 1. The Morgan fingerprint density at radius 2 is 2.00 bits per heavy atom. The second-order valence-corrected chi connectivity index (χ2v) is 9.81. The molecule has 0 saturated heterocycles. The van der Waals surface area contributed by atoms with Gasteiger partial charge in [0, 0.05) is 47.3 Å². The minimum atomic E-state index is 0.0659. The minimum Gasteiger partial charge on any atom is -0.496 e. The van der Waals surface area contributed by atoms with Gasteiger partial charge in [-0.05, 0) is 37.1 Å². The van der Waals surface area contributed by atoms with Crippen molar-refractivity contribution in [2.24, 2.45) is 0 Å². The van der Waals surface area contributed by atoms with Gasteiger partial charge in [0.1, 0.15) is 11.6 Å². The number of fused-ring (bicyclic) bond motifs is 1. The van der Waals surface area contributed by atoms with Gasteiger partial charge in [-0.25, -0.2) is 4.98 Å². The number of rotatable bonds is 5. The molecule has 3 heterocycles. The molecule has 2 aliphatic rings. The highest BCUT2D eigenvalue weighted by molar-refractivity contribution is 7.15. The van der Waals surface area contributed by atoms with Crippen molar-refractivity contribution in [3.05, 3.63) is 68.7 Å². The van der Waals surface area contributed by atoms with Gasteiger partial charge in [-0.2, -0.15) is 0 Å². The van der Waals surface area contributed by atoms with E-state index in [9.17, 15) is 4.79 Å². The van der Waals surface area contributed by atoms with Crippen molar-refractivity contribution in [3.63, 3.8) is 0 Å². The van der Waals surface area contributed by atoms with Gasteiger partial charge in [0.25, 0.3) is 5.56 Å². The molecule has 162 valence electrons. The maximum atomic E-state index is 12.9. The van der Waals surface area contributed by atoms with Crippen molar-refractivity contribution in [3.8, 4) is 16.2 Å². The summed E-state index contributed by atoms with van der Waals surface area (Å²) >= 11 is 1.79. The van der Waals surface area contributed by atoms with Crippen LogP contribution in [-0.4, -0.2) is 28.5 Å². The van der Waals surface area contributed by atoms with E-state index < -0.39 is 0 Å². The van der Waals surface area contributed by atoms with Crippen molar-refractivity contribution in [1.82, 2.24) is 14.9 Å². The number of para-hydroxylation sites is 1. The van der Waals surface area contributed by atoms with Crippen molar-refractivity contribution >= 4 is 11.3 Å². The SMILES string of the molecule is COc1ccccc1-c1ccc(CN2CCc3nc(C4CCCCC4)[nH]c(=O)c3C2)s1. The van der Waals surface area contributed by atoms with E-state index in [-0.39, 0.29) is 5.56 Å². The van der Waals surface area contributed by atoms with Crippen LogP contribution < -0.4 is 10.3 Å². The lowest BCUT2D eigenvalue weighted by molar-refractivity contribution is 0.243. The summed E-state index contributed by atoms with van der Waals surface area (Å²) in [7, 11) is 1.71. The van der Waals surface area contributed by atoms with Crippen LogP contribution in [0.3, 0.4) is 0 Å². The zero-order valence-corrected chi connectivity index (χ0v) is 18.8. The lowest BCUT2D eigenvalue weighted by Gasteiger charge is -2.28. The highest BCUT2D eigenvalue weighted by Gasteiger charge is 2.25. The summed E-state index contributed by atoms with van der Waals surface area (Å²) < 4.78 is 5.52. The van der Waals surface area contributed by atoms with Gasteiger partial charge < -0.3 is 9.72 Å². The molecule has 0 unspecified atom stereocenters. The van der Waals surface area contributed by atoms with Crippen LogP contribution in [0.15, 0.2) is 41.2 Å². The van der Waals surface area contributed by atoms with Crippen LogP contribution in [0.1, 0.15) is 60.0 Å². The second kappa shape index (κ2) is 8.97. The van der Waals surface area contributed by atoms with Crippen molar-refractivity contribution in [2.75, 3.05) is 13.7 Å². The zero-order valence-electron chi connectivity index (χ0n) is 18.0. The third kappa shape index (κ3) is 4.32. The quantitative estimate of drug-likeness (QED) is 0.605. The van der Waals surface area contributed by atoms with Crippen LogP contribution >= 0.6 is 11.3 Å². The fourth-order valence-electron chi connectivity index (χ4n) is 4.88. The molecule has 5 nitrogen and oxygen atoms in total. The molecule has 0 spiro atoms. The smallest absolute Gasteiger partial charge is 0.255 e. The van der Waals surface area contributed by atoms with Gasteiger partial charge in [0.15, 0.2) is 0 Å². The van der Waals surface area contributed by atoms with Crippen LogP contribution in [0.2, 0.25) is 0 Å². The topological polar surface area (TPSA) is 58.2 Å². The molecule has 2 aromatic heterocycles. The van der Waals surface area contributed by atoms with E-state index in [4.69, 9.17) is 9.72 Å². The van der Waals surface area contributed by atoms with Gasteiger partial charge in [0.05, 0.1) is 18.4 Å². The lowest BCUT2D eigenvalue weighted by Crippen LogP contribution is -2.36. The van der Waals surface area contributed by atoms with Crippen LogP contribution in [0, 0.1) is 0 Å². The molecule has 1 fully saturated rings. The maximum Gasteiger partial charge on any atom is 0.255 e. The molecule has 1 saturated carbocycles. The maximum absolute atomic E-state index is 12.9. The Kier molecular flexibility index (Phi) is 5.92. The summed E-state index contributed by atoms with van der Waals surface area (Å²) in [5, 5.41) is 0. The Morgan fingerprint density at radius 3 is 2.84 bits per heavy atom. The normalized spacial score (nSPS) is 17.5. The third-order valence-electron chi connectivity index (χ3n) is 6.57. The van der Waals surface area contributed by atoms with Gasteiger partial charge in [-0.1, -0.05) is 31.4 Å². The molecule has 1 aliphatic carbocycles. The summed E-state index contributed by atoms with van der Waals surface area (Å²) in [4.78, 5) is 25.8. The first-order valence-electron chi connectivity index (χ1n) is 11.3. The van der Waals surface area contributed by atoms with E-state index >= 15 is 0 Å². The molecule has 1 aliphatic heterocycles. The van der Waals surface area contributed by atoms with Gasteiger partial charge in [-0.15, -0.1) is 11.3 Å². The van der Waals surface area contributed by atoms with E-state index in [1.165, 1.54) is 29.0 Å². The zero-order chi connectivity index (χ0) is 21.2. The number of thiophene rings is 1. The first-order valence-corrected chi connectivity index (χ1v) is 12.1. The lowest BCUT2D eigenvalue weighted by atomic mass is 9.88. The summed E-state index contributed by atoms with van der Waals surface area (Å²) in [5.41, 5.74) is 3.06. The second-order valence-electron chi connectivity index (χ2n) is 8.64. The fraction of sp³-hybridized carbons (Fsp3) is 0.440. The number of methoxy groups -OCH3 is 1. The standard InChI is InChI=1S/C25H29N3O2S/c1-30-22-10-6-5-9-19(22)23-12-11-18(31-23)15-28-14-13-21-20(16-28)25(29)27-24(26-21)17-7-3-2-4-8-17/h5-6,9-12,17H,2-4,7-8,13-16H2,1H3,(H,26,27,29). The molecule has 1 N–H and O–H groups in total. The Labute approximate surface area is 187 Å². The number of benzene rings is 1. The Balaban J connectivity index is 1.30. The summed E-state index contributed by atoms with van der Waals surface area (Å²) in [6, 6.07) is 12.5. The first kappa shape index (κ1) is 20.5. The molecule has 1 aromatic carbocycles. The van der Waals surface area contributed by atoms with Crippen molar-refractivity contribution in [2.45, 2.75) is 57.5 Å². The highest BCUT2D eigenvalue weighted by atomic mass is 32.1. The number of nitrogens with zero attached hydrogens (tertiary/aromatic N) is 2. The van der Waals surface area contributed by atoms with E-state index in [2.05, 4.69) is 28.1 Å². The highest BCUT2D eigenvalue weighted by Crippen LogP contribution is 2.35. The van der Waals surface area contributed by atoms with Crippen molar-refractivity contribution < 1.29 is 4.74 Å². The van der Waals surface area contributed by atoms with Crippen LogP contribution in [0.4, 0.5) is 0 Å². The Hall–Kier alpha value is -2.44. The molecular formula is C25H29N3O2S. The Bertz CT molecular complexity index is 1110. The molecule has 6 heteroatoms. The number of aromatic amines is 1. The largest absolute Gasteiger partial charge is 0.496 e. The minimum absolute atomic E-state index is 0.0659. The molecule has 3 aromatic rings. The number of hydrogen-bond acceptors (Lipinski definition) is 5. The fourth-order valence-corrected chi connectivity index (χ4v) is 5.96. The first-order chi connectivity index (χ1) is 15.2. The summed E-state index contributed by atoms with van der Waals surface area (Å²) in [6.07, 6.45) is 6.96. The molecule has 5 rings (SSSR count). The van der Waals surface area contributed by atoms with E-state index in [1.54, 1.807) is 18.4 Å².